The first kappa shape index (κ1) is 13.1. The highest BCUT2D eigenvalue weighted by Crippen LogP contribution is 2.21. The number of carbonyl (C=O) groups is 2. The monoisotopic (exact) mass is 264 g/mol. The van der Waals surface area contributed by atoms with Crippen molar-refractivity contribution in [2.45, 2.75) is 24.8 Å². The van der Waals surface area contributed by atoms with E-state index in [0.717, 1.165) is 25.9 Å². The van der Waals surface area contributed by atoms with E-state index >= 15 is 0 Å². The molecule has 1 aromatic heterocycles. The maximum absolute atomic E-state index is 11.9. The van der Waals surface area contributed by atoms with Gasteiger partial charge in [-0.25, -0.2) is 4.98 Å². The second-order valence-corrected chi connectivity index (χ2v) is 5.25. The van der Waals surface area contributed by atoms with Crippen molar-refractivity contribution in [3.8, 4) is 0 Å². The highest BCUT2D eigenvalue weighted by Gasteiger charge is 2.18. The first-order chi connectivity index (χ1) is 8.68. The Balaban J connectivity index is 1.97. The summed E-state index contributed by atoms with van der Waals surface area (Å²) in [5.74, 6) is 0.481. The Labute approximate surface area is 111 Å². The molecule has 0 atom stereocenters. The second-order valence-electron chi connectivity index (χ2n) is 4.29. The number of pyridine rings is 1. The maximum atomic E-state index is 11.9. The third kappa shape index (κ3) is 3.10. The number of rotatable bonds is 4. The van der Waals surface area contributed by atoms with Gasteiger partial charge in [0.15, 0.2) is 5.78 Å². The summed E-state index contributed by atoms with van der Waals surface area (Å²) in [4.78, 5) is 29.4. The Morgan fingerprint density at radius 2 is 2.11 bits per heavy atom. The van der Waals surface area contributed by atoms with Crippen molar-refractivity contribution in [1.29, 1.82) is 0 Å². The largest absolute Gasteiger partial charge is 0.342 e. The van der Waals surface area contributed by atoms with Crippen molar-refractivity contribution in [3.63, 3.8) is 0 Å². The standard InChI is InChI=1S/C13H16N2O2S/c1-10(16)11-5-4-6-14-13(11)18-9-12(17)15-7-2-3-8-15/h4-6H,2-3,7-9H2,1H3. The molecule has 0 aliphatic carbocycles. The van der Waals surface area contributed by atoms with Crippen LogP contribution in [0, 0.1) is 0 Å². The first-order valence-corrected chi connectivity index (χ1v) is 7.03. The smallest absolute Gasteiger partial charge is 0.232 e. The van der Waals surface area contributed by atoms with Crippen LogP contribution in [-0.2, 0) is 4.79 Å². The van der Waals surface area contributed by atoms with Gasteiger partial charge in [-0.2, -0.15) is 0 Å². The number of hydrogen-bond acceptors (Lipinski definition) is 4. The molecule has 96 valence electrons. The lowest BCUT2D eigenvalue weighted by molar-refractivity contribution is -0.127. The van der Waals surface area contributed by atoms with Crippen LogP contribution < -0.4 is 0 Å². The zero-order valence-electron chi connectivity index (χ0n) is 10.4. The van der Waals surface area contributed by atoms with Gasteiger partial charge in [0.2, 0.25) is 5.91 Å². The number of likely N-dealkylation sites (tertiary alicyclic amines) is 1. The first-order valence-electron chi connectivity index (χ1n) is 6.05. The van der Waals surface area contributed by atoms with Gasteiger partial charge in [-0.05, 0) is 31.9 Å². The predicted molar refractivity (Wildman–Crippen MR) is 70.8 cm³/mol. The lowest BCUT2D eigenvalue weighted by Gasteiger charge is -2.14. The van der Waals surface area contributed by atoms with E-state index in [1.54, 1.807) is 18.3 Å². The summed E-state index contributed by atoms with van der Waals surface area (Å²) in [5.41, 5.74) is 0.594. The molecule has 4 nitrogen and oxygen atoms in total. The molecule has 0 unspecified atom stereocenters. The lowest BCUT2D eigenvalue weighted by atomic mass is 10.2. The molecule has 1 fully saturated rings. The van der Waals surface area contributed by atoms with Gasteiger partial charge < -0.3 is 4.90 Å². The van der Waals surface area contributed by atoms with Crippen LogP contribution in [0.15, 0.2) is 23.4 Å². The molecule has 1 amide bonds. The van der Waals surface area contributed by atoms with Crippen LogP contribution in [0.1, 0.15) is 30.1 Å². The Hall–Kier alpha value is -1.36. The van der Waals surface area contributed by atoms with E-state index in [1.807, 2.05) is 4.90 Å². The van der Waals surface area contributed by atoms with Crippen LogP contribution in [0.3, 0.4) is 0 Å². The van der Waals surface area contributed by atoms with Crippen LogP contribution in [-0.4, -0.2) is 40.4 Å². The van der Waals surface area contributed by atoms with Gasteiger partial charge in [0.1, 0.15) is 5.03 Å². The molecule has 0 bridgehead atoms. The average Bonchev–Trinajstić information content (AvgIpc) is 2.90. The summed E-state index contributed by atoms with van der Waals surface area (Å²) in [6.07, 6.45) is 3.84. The molecule has 2 rings (SSSR count). The Morgan fingerprint density at radius 1 is 1.39 bits per heavy atom. The molecule has 0 N–H and O–H groups in total. The molecule has 18 heavy (non-hydrogen) atoms. The fourth-order valence-corrected chi connectivity index (χ4v) is 2.91. The Kier molecular flexibility index (Phi) is 4.36. The number of carbonyl (C=O) groups excluding carboxylic acids is 2. The second kappa shape index (κ2) is 6.00. The van der Waals surface area contributed by atoms with E-state index < -0.39 is 0 Å². The van der Waals surface area contributed by atoms with Crippen molar-refractivity contribution in [2.24, 2.45) is 0 Å². The summed E-state index contributed by atoms with van der Waals surface area (Å²) in [5, 5.41) is 0.651. The molecule has 1 aromatic rings. The quantitative estimate of drug-likeness (QED) is 0.616. The van der Waals surface area contributed by atoms with Gasteiger partial charge in [-0.1, -0.05) is 11.8 Å². The molecular weight excluding hydrogens is 248 g/mol. The van der Waals surface area contributed by atoms with Crippen molar-refractivity contribution in [1.82, 2.24) is 9.88 Å². The number of thioether (sulfide) groups is 1. The molecule has 0 aromatic carbocycles. The van der Waals surface area contributed by atoms with Crippen molar-refractivity contribution in [2.75, 3.05) is 18.8 Å². The van der Waals surface area contributed by atoms with Gasteiger partial charge in [0.05, 0.1) is 5.75 Å². The van der Waals surface area contributed by atoms with E-state index in [-0.39, 0.29) is 11.7 Å². The number of ketones is 1. The minimum Gasteiger partial charge on any atom is -0.342 e. The van der Waals surface area contributed by atoms with Gasteiger partial charge >= 0.3 is 0 Å². The van der Waals surface area contributed by atoms with Crippen molar-refractivity contribution < 1.29 is 9.59 Å². The Morgan fingerprint density at radius 3 is 2.78 bits per heavy atom. The number of nitrogens with zero attached hydrogens (tertiary/aromatic N) is 2. The van der Waals surface area contributed by atoms with Crippen molar-refractivity contribution in [3.05, 3.63) is 23.9 Å². The van der Waals surface area contributed by atoms with Gasteiger partial charge in [-0.15, -0.1) is 0 Å². The van der Waals surface area contributed by atoms with E-state index in [4.69, 9.17) is 0 Å². The van der Waals surface area contributed by atoms with E-state index in [2.05, 4.69) is 4.98 Å². The topological polar surface area (TPSA) is 50.3 Å². The summed E-state index contributed by atoms with van der Waals surface area (Å²) in [6.45, 7) is 3.24. The normalized spacial score (nSPS) is 14.8. The molecular formula is C13H16N2O2S. The van der Waals surface area contributed by atoms with E-state index in [1.165, 1.54) is 18.7 Å². The minimum absolute atomic E-state index is 0.0146. The summed E-state index contributed by atoms with van der Waals surface area (Å²) in [6, 6.07) is 3.49. The third-order valence-corrected chi connectivity index (χ3v) is 3.93. The predicted octanol–water partition coefficient (Wildman–Crippen LogP) is 2.00. The van der Waals surface area contributed by atoms with Crippen LogP contribution >= 0.6 is 11.8 Å². The van der Waals surface area contributed by atoms with Crippen LogP contribution in [0.2, 0.25) is 0 Å². The zero-order valence-corrected chi connectivity index (χ0v) is 11.2. The summed E-state index contributed by atoms with van der Waals surface area (Å²) in [7, 11) is 0. The van der Waals surface area contributed by atoms with Crippen LogP contribution in [0.5, 0.6) is 0 Å². The zero-order chi connectivity index (χ0) is 13.0. The molecule has 2 heterocycles. The molecule has 5 heteroatoms. The molecule has 0 spiro atoms. The van der Waals surface area contributed by atoms with Crippen LogP contribution in [0.25, 0.3) is 0 Å². The molecule has 0 radical (unpaired) electrons. The van der Waals surface area contributed by atoms with Crippen molar-refractivity contribution >= 4 is 23.5 Å². The fraction of sp³-hybridized carbons (Fsp3) is 0.462. The minimum atomic E-state index is -0.0146. The number of aromatic nitrogens is 1. The lowest BCUT2D eigenvalue weighted by Crippen LogP contribution is -2.29. The highest BCUT2D eigenvalue weighted by molar-refractivity contribution is 8.00. The van der Waals surface area contributed by atoms with E-state index in [9.17, 15) is 9.59 Å². The summed E-state index contributed by atoms with van der Waals surface area (Å²) < 4.78 is 0. The fourth-order valence-electron chi connectivity index (χ4n) is 1.96. The van der Waals surface area contributed by atoms with Gasteiger partial charge in [0, 0.05) is 24.8 Å². The molecule has 1 saturated heterocycles. The maximum Gasteiger partial charge on any atom is 0.232 e. The number of amides is 1. The molecule has 1 aliphatic rings. The highest BCUT2D eigenvalue weighted by atomic mass is 32.2. The van der Waals surface area contributed by atoms with Gasteiger partial charge in [0.25, 0.3) is 0 Å². The van der Waals surface area contributed by atoms with Crippen LogP contribution in [0.4, 0.5) is 0 Å². The van der Waals surface area contributed by atoms with E-state index in [0.29, 0.717) is 16.3 Å². The number of Topliss-reactive ketones (excluding diaryl/α,β-unsaturated/α-hetero) is 1. The molecule has 1 aliphatic heterocycles. The summed E-state index contributed by atoms with van der Waals surface area (Å²) >= 11 is 1.35. The van der Waals surface area contributed by atoms with Gasteiger partial charge in [-0.3, -0.25) is 9.59 Å². The average molecular weight is 264 g/mol. The number of hydrogen-bond donors (Lipinski definition) is 0. The third-order valence-electron chi connectivity index (χ3n) is 2.94. The molecule has 0 saturated carbocycles. The SMILES string of the molecule is CC(=O)c1cccnc1SCC(=O)N1CCCC1. The Bertz CT molecular complexity index is 456.